The van der Waals surface area contributed by atoms with Gasteiger partial charge >= 0.3 is 0 Å². The third-order valence-electron chi connectivity index (χ3n) is 2.14. The Kier molecular flexibility index (Phi) is 3.68. The number of hydrogen-bond acceptors (Lipinski definition) is 3. The molecule has 0 spiro atoms. The molecule has 0 aliphatic rings. The third kappa shape index (κ3) is 2.70. The normalized spacial score (nSPS) is 10.4. The fourth-order valence-electron chi connectivity index (χ4n) is 1.29. The van der Waals surface area contributed by atoms with Crippen LogP contribution in [0.25, 0.3) is 0 Å². The van der Waals surface area contributed by atoms with Crippen LogP contribution in [-0.2, 0) is 0 Å². The van der Waals surface area contributed by atoms with E-state index >= 15 is 0 Å². The van der Waals surface area contributed by atoms with Crippen molar-refractivity contribution in [3.63, 3.8) is 0 Å². The third-order valence-corrected chi connectivity index (χ3v) is 3.06. The fourth-order valence-corrected chi connectivity index (χ4v) is 1.81. The second-order valence-electron chi connectivity index (χ2n) is 3.44. The number of nitrogens with one attached hydrogen (secondary N) is 1. The number of nitrogens with zero attached hydrogens (tertiary/aromatic N) is 1. The summed E-state index contributed by atoms with van der Waals surface area (Å²) in [5.74, 6) is -2.29. The lowest BCUT2D eigenvalue weighted by Gasteiger charge is -2.10. The Bertz CT molecular complexity index is 607. The monoisotopic (exact) mass is 333 g/mol. The van der Waals surface area contributed by atoms with Crippen LogP contribution < -0.4 is 11.1 Å². The summed E-state index contributed by atoms with van der Waals surface area (Å²) >= 11 is 9.09. The molecule has 0 aliphatic heterocycles. The Labute approximate surface area is 115 Å². The molecule has 0 atom stereocenters. The molecule has 0 bridgehead atoms. The van der Waals surface area contributed by atoms with Gasteiger partial charge in [0.05, 0.1) is 5.69 Å². The highest BCUT2D eigenvalue weighted by Crippen LogP contribution is 2.29. The molecular weight excluding hydrogens is 327 g/mol. The maximum atomic E-state index is 13.5. The average molecular weight is 335 g/mol. The van der Waals surface area contributed by atoms with Gasteiger partial charge in [-0.05, 0) is 34.1 Å². The number of benzene rings is 1. The molecule has 0 unspecified atom stereocenters. The number of nitrogen functional groups attached to an aromatic ring is 1. The van der Waals surface area contributed by atoms with E-state index in [4.69, 9.17) is 17.3 Å². The predicted octanol–water partition coefficient (Wildman–Crippen LogP) is 4.10. The zero-order valence-electron chi connectivity index (χ0n) is 8.85. The number of aromatic nitrogens is 1. The van der Waals surface area contributed by atoms with Gasteiger partial charge in [0.1, 0.15) is 0 Å². The van der Waals surface area contributed by atoms with Crippen molar-refractivity contribution in [3.8, 4) is 0 Å². The van der Waals surface area contributed by atoms with E-state index in [9.17, 15) is 8.78 Å². The van der Waals surface area contributed by atoms with Crippen LogP contribution in [0, 0.1) is 11.6 Å². The molecule has 7 heteroatoms. The van der Waals surface area contributed by atoms with Crippen molar-refractivity contribution in [2.45, 2.75) is 0 Å². The van der Waals surface area contributed by atoms with Crippen molar-refractivity contribution in [1.82, 2.24) is 4.98 Å². The minimum Gasteiger partial charge on any atom is -0.381 e. The highest BCUT2D eigenvalue weighted by atomic mass is 79.9. The van der Waals surface area contributed by atoms with Crippen LogP contribution in [0.15, 0.2) is 28.7 Å². The van der Waals surface area contributed by atoms with E-state index in [0.29, 0.717) is 21.2 Å². The largest absolute Gasteiger partial charge is 0.381 e. The molecule has 1 heterocycles. The van der Waals surface area contributed by atoms with E-state index in [-0.39, 0.29) is 11.6 Å². The quantitative estimate of drug-likeness (QED) is 0.869. The van der Waals surface area contributed by atoms with Crippen molar-refractivity contribution in [3.05, 3.63) is 45.4 Å². The van der Waals surface area contributed by atoms with Gasteiger partial charge in [-0.25, -0.2) is 13.8 Å². The van der Waals surface area contributed by atoms with Crippen LogP contribution in [-0.4, -0.2) is 4.98 Å². The first-order valence-corrected chi connectivity index (χ1v) is 5.98. The van der Waals surface area contributed by atoms with Gasteiger partial charge in [0.2, 0.25) is 0 Å². The molecule has 0 amide bonds. The van der Waals surface area contributed by atoms with Crippen molar-refractivity contribution in [2.24, 2.45) is 0 Å². The van der Waals surface area contributed by atoms with Gasteiger partial charge in [-0.15, -0.1) is 0 Å². The first-order chi connectivity index (χ1) is 8.47. The lowest BCUT2D eigenvalue weighted by atomic mass is 10.3. The molecule has 3 nitrogen and oxygen atoms in total. The average Bonchev–Trinajstić information content (AvgIpc) is 2.30. The van der Waals surface area contributed by atoms with E-state index in [1.807, 2.05) is 0 Å². The molecule has 2 rings (SSSR count). The number of pyridine rings is 1. The van der Waals surface area contributed by atoms with Gasteiger partial charge in [0.25, 0.3) is 0 Å². The van der Waals surface area contributed by atoms with Crippen molar-refractivity contribution in [1.29, 1.82) is 0 Å². The van der Waals surface area contributed by atoms with Gasteiger partial charge in [0, 0.05) is 15.6 Å². The van der Waals surface area contributed by atoms with Crippen LogP contribution in [0.5, 0.6) is 0 Å². The number of rotatable bonds is 2. The Balaban J connectivity index is 2.40. The minimum absolute atomic E-state index is 0.170. The second-order valence-corrected chi connectivity index (χ2v) is 4.73. The molecule has 3 N–H and O–H groups in total. The van der Waals surface area contributed by atoms with Crippen LogP contribution >= 0.6 is 27.5 Å². The molecular formula is C11H7BrClF2N3. The molecule has 18 heavy (non-hydrogen) atoms. The molecule has 0 radical (unpaired) electrons. The van der Waals surface area contributed by atoms with Crippen LogP contribution in [0.3, 0.4) is 0 Å². The summed E-state index contributed by atoms with van der Waals surface area (Å²) in [5.41, 5.74) is 5.78. The highest BCUT2D eigenvalue weighted by molar-refractivity contribution is 9.10. The standard InChI is InChI=1S/C11H7BrClF2N3/c12-6-2-1-5(13)3-9(6)17-11-8(15)4-7(14)10(16)18-11/h1-4H,(H3,16,17,18). The molecule has 2 aromatic rings. The van der Waals surface area contributed by atoms with E-state index in [1.165, 1.54) is 0 Å². The highest BCUT2D eigenvalue weighted by Gasteiger charge is 2.11. The number of anilines is 3. The molecule has 0 saturated heterocycles. The van der Waals surface area contributed by atoms with E-state index < -0.39 is 11.6 Å². The zero-order chi connectivity index (χ0) is 13.3. The fraction of sp³-hybridized carbons (Fsp3) is 0. The maximum absolute atomic E-state index is 13.5. The Morgan fingerprint density at radius 2 is 1.94 bits per heavy atom. The van der Waals surface area contributed by atoms with Crippen LogP contribution in [0.1, 0.15) is 0 Å². The molecule has 1 aromatic carbocycles. The van der Waals surface area contributed by atoms with Crippen LogP contribution in [0.2, 0.25) is 5.02 Å². The molecule has 0 fully saturated rings. The molecule has 0 aliphatic carbocycles. The summed E-state index contributed by atoms with van der Waals surface area (Å²) in [6.45, 7) is 0. The smallest absolute Gasteiger partial charge is 0.169 e. The molecule has 0 saturated carbocycles. The summed E-state index contributed by atoms with van der Waals surface area (Å²) in [6, 6.07) is 5.60. The van der Waals surface area contributed by atoms with E-state index in [2.05, 4.69) is 26.2 Å². The van der Waals surface area contributed by atoms with Crippen molar-refractivity contribution < 1.29 is 8.78 Å². The second kappa shape index (κ2) is 5.07. The topological polar surface area (TPSA) is 50.9 Å². The SMILES string of the molecule is Nc1nc(Nc2cc(Cl)ccc2Br)c(F)cc1F. The Morgan fingerprint density at radius 3 is 2.67 bits per heavy atom. The minimum atomic E-state index is -0.900. The summed E-state index contributed by atoms with van der Waals surface area (Å²) in [4.78, 5) is 3.59. The van der Waals surface area contributed by atoms with Gasteiger partial charge in [-0.1, -0.05) is 11.6 Å². The lowest BCUT2D eigenvalue weighted by Crippen LogP contribution is -2.03. The first kappa shape index (κ1) is 13.0. The molecule has 1 aromatic heterocycles. The van der Waals surface area contributed by atoms with Crippen LogP contribution in [0.4, 0.5) is 26.1 Å². The maximum Gasteiger partial charge on any atom is 0.169 e. The molecule has 94 valence electrons. The van der Waals surface area contributed by atoms with Gasteiger partial charge < -0.3 is 11.1 Å². The van der Waals surface area contributed by atoms with E-state index in [0.717, 1.165) is 0 Å². The van der Waals surface area contributed by atoms with Crippen molar-refractivity contribution >= 4 is 44.9 Å². The number of hydrogen-bond donors (Lipinski definition) is 2. The van der Waals surface area contributed by atoms with E-state index in [1.54, 1.807) is 18.2 Å². The summed E-state index contributed by atoms with van der Waals surface area (Å²) < 4.78 is 27.1. The number of halogens is 4. The Morgan fingerprint density at radius 1 is 1.22 bits per heavy atom. The van der Waals surface area contributed by atoms with Gasteiger partial charge in [-0.2, -0.15) is 0 Å². The predicted molar refractivity (Wildman–Crippen MR) is 71.0 cm³/mol. The van der Waals surface area contributed by atoms with Gasteiger partial charge in [0.15, 0.2) is 23.3 Å². The Hall–Kier alpha value is -1.40. The van der Waals surface area contributed by atoms with Crippen molar-refractivity contribution in [2.75, 3.05) is 11.1 Å². The first-order valence-electron chi connectivity index (χ1n) is 4.81. The number of nitrogens with two attached hydrogens (primary N) is 1. The summed E-state index contributed by atoms with van der Waals surface area (Å²) in [7, 11) is 0. The zero-order valence-corrected chi connectivity index (χ0v) is 11.2. The lowest BCUT2D eigenvalue weighted by molar-refractivity contribution is 0.581. The summed E-state index contributed by atoms with van der Waals surface area (Å²) in [6.07, 6.45) is 0. The van der Waals surface area contributed by atoms with Gasteiger partial charge in [-0.3, -0.25) is 0 Å². The summed E-state index contributed by atoms with van der Waals surface area (Å²) in [5, 5.41) is 3.15.